The predicted octanol–water partition coefficient (Wildman–Crippen LogP) is 3.79. The minimum absolute atomic E-state index is 0.835. The van der Waals surface area contributed by atoms with Gasteiger partial charge in [0.05, 0.1) is 0 Å². The van der Waals surface area contributed by atoms with Gasteiger partial charge in [-0.15, -0.1) is 0 Å². The molecule has 0 atom stereocenters. The van der Waals surface area contributed by atoms with Crippen LogP contribution < -0.4 is 0 Å². The van der Waals surface area contributed by atoms with Crippen molar-refractivity contribution in [1.82, 2.24) is 9.97 Å². The van der Waals surface area contributed by atoms with Crippen molar-refractivity contribution in [3.63, 3.8) is 0 Å². The number of benzene rings is 1. The second-order valence-corrected chi connectivity index (χ2v) is 4.29. The van der Waals surface area contributed by atoms with Gasteiger partial charge in [-0.05, 0) is 25.3 Å². The van der Waals surface area contributed by atoms with Crippen LogP contribution in [0.25, 0.3) is 11.4 Å². The van der Waals surface area contributed by atoms with Crippen molar-refractivity contribution in [2.45, 2.75) is 33.1 Å². The summed E-state index contributed by atoms with van der Waals surface area (Å²) in [6.45, 7) is 4.29. The van der Waals surface area contributed by atoms with E-state index in [9.17, 15) is 0 Å². The van der Waals surface area contributed by atoms with Gasteiger partial charge in [0.15, 0.2) is 5.82 Å². The van der Waals surface area contributed by atoms with Gasteiger partial charge in [0, 0.05) is 17.5 Å². The van der Waals surface area contributed by atoms with E-state index in [1.54, 1.807) is 0 Å². The Labute approximate surface area is 103 Å². The minimum atomic E-state index is 0.835. The number of hydrogen-bond donors (Lipinski definition) is 0. The lowest BCUT2D eigenvalue weighted by atomic mass is 10.1. The Morgan fingerprint density at radius 1 is 1.12 bits per heavy atom. The zero-order valence-corrected chi connectivity index (χ0v) is 10.5. The maximum absolute atomic E-state index is 4.67. The van der Waals surface area contributed by atoms with E-state index >= 15 is 0 Å². The molecule has 2 heteroatoms. The van der Waals surface area contributed by atoms with Crippen LogP contribution in [0.5, 0.6) is 0 Å². The molecule has 0 fully saturated rings. The van der Waals surface area contributed by atoms with Gasteiger partial charge in [0.25, 0.3) is 0 Å². The summed E-state index contributed by atoms with van der Waals surface area (Å²) in [6.07, 6.45) is 5.36. The molecule has 0 aliphatic heterocycles. The number of hydrogen-bond acceptors (Lipinski definition) is 2. The van der Waals surface area contributed by atoms with E-state index in [-0.39, 0.29) is 0 Å². The van der Waals surface area contributed by atoms with Gasteiger partial charge in [-0.2, -0.15) is 0 Å². The summed E-state index contributed by atoms with van der Waals surface area (Å²) in [4.78, 5) is 9.08. The molecule has 1 heterocycles. The predicted molar refractivity (Wildman–Crippen MR) is 70.8 cm³/mol. The molecule has 1 aromatic heterocycles. The normalized spacial score (nSPS) is 10.5. The van der Waals surface area contributed by atoms with Gasteiger partial charge in [0.2, 0.25) is 0 Å². The number of rotatable bonds is 4. The van der Waals surface area contributed by atoms with E-state index in [4.69, 9.17) is 0 Å². The first kappa shape index (κ1) is 11.8. The van der Waals surface area contributed by atoms with Gasteiger partial charge in [-0.1, -0.05) is 43.7 Å². The van der Waals surface area contributed by atoms with Crippen LogP contribution in [-0.2, 0) is 6.42 Å². The molecule has 0 N–H and O–H groups in total. The second kappa shape index (κ2) is 5.58. The fraction of sp³-hybridized carbons (Fsp3) is 0.333. The van der Waals surface area contributed by atoms with E-state index in [0.717, 1.165) is 17.8 Å². The second-order valence-electron chi connectivity index (χ2n) is 4.29. The Morgan fingerprint density at radius 3 is 2.59 bits per heavy atom. The van der Waals surface area contributed by atoms with Gasteiger partial charge >= 0.3 is 0 Å². The summed E-state index contributed by atoms with van der Waals surface area (Å²) in [6, 6.07) is 10.1. The molecular weight excluding hydrogens is 208 g/mol. The van der Waals surface area contributed by atoms with Crippen LogP contribution >= 0.6 is 0 Å². The average Bonchev–Trinajstić information content (AvgIpc) is 2.39. The van der Waals surface area contributed by atoms with Crippen LogP contribution in [0.15, 0.2) is 36.5 Å². The number of aromatic nitrogens is 2. The summed E-state index contributed by atoms with van der Waals surface area (Å²) in [7, 11) is 0. The van der Waals surface area contributed by atoms with E-state index in [0.29, 0.717) is 0 Å². The highest BCUT2D eigenvalue weighted by molar-refractivity contribution is 5.54. The first-order chi connectivity index (χ1) is 8.31. The van der Waals surface area contributed by atoms with Gasteiger partial charge in [-0.25, -0.2) is 9.97 Å². The highest BCUT2D eigenvalue weighted by Gasteiger charge is 2.05. The average molecular weight is 226 g/mol. The standard InChI is InChI=1S/C15H18N2/c1-3-4-10-14-12(2)11-16-15(17-14)13-8-6-5-7-9-13/h5-9,11H,3-4,10H2,1-2H3. The first-order valence-electron chi connectivity index (χ1n) is 6.19. The molecule has 0 saturated heterocycles. The fourth-order valence-corrected chi connectivity index (χ4v) is 1.80. The summed E-state index contributed by atoms with van der Waals surface area (Å²) >= 11 is 0. The third-order valence-corrected chi connectivity index (χ3v) is 2.88. The molecule has 17 heavy (non-hydrogen) atoms. The molecule has 2 rings (SSSR count). The number of aryl methyl sites for hydroxylation is 2. The van der Waals surface area contributed by atoms with Crippen molar-refractivity contribution in [3.05, 3.63) is 47.8 Å². The van der Waals surface area contributed by atoms with E-state index < -0.39 is 0 Å². The van der Waals surface area contributed by atoms with Crippen LogP contribution in [0.3, 0.4) is 0 Å². The van der Waals surface area contributed by atoms with Crippen molar-refractivity contribution < 1.29 is 0 Å². The number of nitrogens with zero attached hydrogens (tertiary/aromatic N) is 2. The summed E-state index contributed by atoms with van der Waals surface area (Å²) < 4.78 is 0. The molecule has 2 nitrogen and oxygen atoms in total. The molecule has 0 aliphatic carbocycles. The lowest BCUT2D eigenvalue weighted by Crippen LogP contribution is -1.99. The van der Waals surface area contributed by atoms with Crippen LogP contribution in [-0.4, -0.2) is 9.97 Å². The highest BCUT2D eigenvalue weighted by Crippen LogP contribution is 2.16. The quantitative estimate of drug-likeness (QED) is 0.792. The Morgan fingerprint density at radius 2 is 1.88 bits per heavy atom. The maximum Gasteiger partial charge on any atom is 0.159 e. The molecule has 2 aromatic rings. The molecule has 0 spiro atoms. The first-order valence-corrected chi connectivity index (χ1v) is 6.19. The molecule has 0 bridgehead atoms. The smallest absolute Gasteiger partial charge is 0.159 e. The fourth-order valence-electron chi connectivity index (χ4n) is 1.80. The molecule has 0 aliphatic rings. The van der Waals surface area contributed by atoms with E-state index in [1.807, 2.05) is 36.5 Å². The van der Waals surface area contributed by atoms with Crippen molar-refractivity contribution >= 4 is 0 Å². The van der Waals surface area contributed by atoms with E-state index in [2.05, 4.69) is 23.8 Å². The lowest BCUT2D eigenvalue weighted by molar-refractivity contribution is 0.768. The Bertz CT molecular complexity index is 478. The van der Waals surface area contributed by atoms with Crippen molar-refractivity contribution in [2.75, 3.05) is 0 Å². The SMILES string of the molecule is CCCCc1nc(-c2ccccc2)ncc1C. The van der Waals surface area contributed by atoms with Gasteiger partial charge in [0.1, 0.15) is 0 Å². The zero-order valence-electron chi connectivity index (χ0n) is 10.5. The number of unbranched alkanes of at least 4 members (excludes halogenated alkanes) is 1. The molecule has 88 valence electrons. The summed E-state index contributed by atoms with van der Waals surface area (Å²) in [5, 5.41) is 0. The molecular formula is C15H18N2. The zero-order chi connectivity index (χ0) is 12.1. The van der Waals surface area contributed by atoms with Crippen LogP contribution in [0.4, 0.5) is 0 Å². The van der Waals surface area contributed by atoms with E-state index in [1.165, 1.54) is 24.1 Å². The monoisotopic (exact) mass is 226 g/mol. The molecule has 0 unspecified atom stereocenters. The topological polar surface area (TPSA) is 25.8 Å². The maximum atomic E-state index is 4.67. The Hall–Kier alpha value is -1.70. The lowest BCUT2D eigenvalue weighted by Gasteiger charge is -2.06. The van der Waals surface area contributed by atoms with Crippen LogP contribution in [0.1, 0.15) is 31.0 Å². The van der Waals surface area contributed by atoms with Gasteiger partial charge in [-0.3, -0.25) is 0 Å². The largest absolute Gasteiger partial charge is 0.236 e. The highest BCUT2D eigenvalue weighted by atomic mass is 14.9. The Kier molecular flexibility index (Phi) is 3.86. The minimum Gasteiger partial charge on any atom is -0.236 e. The van der Waals surface area contributed by atoms with Crippen molar-refractivity contribution in [1.29, 1.82) is 0 Å². The van der Waals surface area contributed by atoms with Crippen LogP contribution in [0.2, 0.25) is 0 Å². The summed E-state index contributed by atoms with van der Waals surface area (Å²) in [5.74, 6) is 0.835. The Balaban J connectivity index is 2.31. The third-order valence-electron chi connectivity index (χ3n) is 2.88. The summed E-state index contributed by atoms with van der Waals surface area (Å²) in [5.41, 5.74) is 3.46. The molecule has 0 radical (unpaired) electrons. The third kappa shape index (κ3) is 2.90. The molecule has 0 saturated carbocycles. The van der Waals surface area contributed by atoms with Gasteiger partial charge < -0.3 is 0 Å². The van der Waals surface area contributed by atoms with Crippen molar-refractivity contribution in [2.24, 2.45) is 0 Å². The van der Waals surface area contributed by atoms with Crippen molar-refractivity contribution in [3.8, 4) is 11.4 Å². The molecule has 1 aromatic carbocycles. The van der Waals surface area contributed by atoms with Crippen LogP contribution in [0, 0.1) is 6.92 Å². The molecule has 0 amide bonds.